The summed E-state index contributed by atoms with van der Waals surface area (Å²) in [6.07, 6.45) is 0.701. The number of benzene rings is 2. The molecule has 1 aliphatic carbocycles. The molecule has 2 fully saturated rings. The first-order valence-electron chi connectivity index (χ1n) is 12.2. The quantitative estimate of drug-likeness (QED) is 0.632. The molecule has 0 aromatic heterocycles. The molecule has 0 bridgehead atoms. The Morgan fingerprint density at radius 2 is 1.71 bits per heavy atom. The van der Waals surface area contributed by atoms with E-state index < -0.39 is 24.2 Å². The lowest BCUT2D eigenvalue weighted by Gasteiger charge is -2.25. The molecule has 8 heteroatoms. The van der Waals surface area contributed by atoms with E-state index in [2.05, 4.69) is 29.6 Å². The van der Waals surface area contributed by atoms with Gasteiger partial charge in [0.2, 0.25) is 0 Å². The number of hydrogen-bond acceptors (Lipinski definition) is 5. The molecule has 2 aliphatic heterocycles. The SMILES string of the molecule is O=C(O)CCC1CCN(C(=O)C2OCCC2NC(=O)OCC2c3ccccc3-c3ccccc32)C1. The van der Waals surface area contributed by atoms with Gasteiger partial charge in [0, 0.05) is 32.0 Å². The summed E-state index contributed by atoms with van der Waals surface area (Å²) in [6.45, 7) is 1.72. The fourth-order valence-electron chi connectivity index (χ4n) is 5.55. The van der Waals surface area contributed by atoms with Gasteiger partial charge in [0.05, 0.1) is 6.04 Å². The van der Waals surface area contributed by atoms with Gasteiger partial charge in [-0.05, 0) is 47.4 Å². The Morgan fingerprint density at radius 1 is 1.03 bits per heavy atom. The molecule has 0 saturated carbocycles. The first kappa shape index (κ1) is 23.4. The zero-order chi connectivity index (χ0) is 24.4. The predicted molar refractivity (Wildman–Crippen MR) is 128 cm³/mol. The molecule has 2 saturated heterocycles. The average molecular weight is 479 g/mol. The molecule has 35 heavy (non-hydrogen) atoms. The van der Waals surface area contributed by atoms with Crippen LogP contribution in [-0.4, -0.2) is 66.4 Å². The second-order valence-electron chi connectivity index (χ2n) is 9.53. The van der Waals surface area contributed by atoms with Crippen molar-refractivity contribution in [2.24, 2.45) is 5.92 Å². The summed E-state index contributed by atoms with van der Waals surface area (Å²) in [7, 11) is 0. The summed E-state index contributed by atoms with van der Waals surface area (Å²) >= 11 is 0. The lowest BCUT2D eigenvalue weighted by Crippen LogP contribution is -2.49. The topological polar surface area (TPSA) is 105 Å². The van der Waals surface area contributed by atoms with Crippen molar-refractivity contribution < 1.29 is 29.0 Å². The molecule has 3 aliphatic rings. The summed E-state index contributed by atoms with van der Waals surface area (Å²) in [5.41, 5.74) is 4.62. The van der Waals surface area contributed by atoms with Gasteiger partial charge in [0.25, 0.3) is 5.91 Å². The fraction of sp³-hybridized carbons (Fsp3) is 0.444. The van der Waals surface area contributed by atoms with Gasteiger partial charge in [0.15, 0.2) is 6.10 Å². The van der Waals surface area contributed by atoms with Crippen molar-refractivity contribution in [3.05, 3.63) is 59.7 Å². The summed E-state index contributed by atoms with van der Waals surface area (Å²) in [5, 5.41) is 11.7. The highest BCUT2D eigenvalue weighted by Crippen LogP contribution is 2.44. The number of carboxylic acids is 1. The highest BCUT2D eigenvalue weighted by Gasteiger charge is 2.40. The molecular weight excluding hydrogens is 448 g/mol. The molecular formula is C27H30N2O6. The maximum absolute atomic E-state index is 13.1. The number of likely N-dealkylation sites (tertiary alicyclic amines) is 1. The minimum Gasteiger partial charge on any atom is -0.481 e. The minimum atomic E-state index is -0.818. The Labute approximate surface area is 204 Å². The summed E-state index contributed by atoms with van der Waals surface area (Å²) in [6, 6.07) is 15.9. The second-order valence-corrected chi connectivity index (χ2v) is 9.53. The normalized spacial score (nSPS) is 23.1. The van der Waals surface area contributed by atoms with Gasteiger partial charge in [-0.15, -0.1) is 0 Å². The van der Waals surface area contributed by atoms with Crippen molar-refractivity contribution in [1.29, 1.82) is 0 Å². The van der Waals surface area contributed by atoms with Gasteiger partial charge >= 0.3 is 12.1 Å². The summed E-state index contributed by atoms with van der Waals surface area (Å²) in [4.78, 5) is 38.3. The van der Waals surface area contributed by atoms with Crippen molar-refractivity contribution >= 4 is 18.0 Å². The number of carbonyl (C=O) groups is 3. The number of nitrogens with one attached hydrogen (secondary N) is 1. The minimum absolute atomic E-state index is 0.0299. The van der Waals surface area contributed by atoms with Gasteiger partial charge in [0.1, 0.15) is 6.61 Å². The van der Waals surface area contributed by atoms with Crippen molar-refractivity contribution in [3.8, 4) is 11.1 Å². The third kappa shape index (κ3) is 4.89. The largest absolute Gasteiger partial charge is 0.481 e. The maximum atomic E-state index is 13.1. The highest BCUT2D eigenvalue weighted by molar-refractivity contribution is 5.83. The Hall–Kier alpha value is -3.39. The van der Waals surface area contributed by atoms with E-state index in [-0.39, 0.29) is 30.8 Å². The summed E-state index contributed by atoms with van der Waals surface area (Å²) < 4.78 is 11.3. The lowest BCUT2D eigenvalue weighted by molar-refractivity contribution is -0.140. The number of amides is 2. The third-order valence-electron chi connectivity index (χ3n) is 7.35. The van der Waals surface area contributed by atoms with Gasteiger partial charge in [-0.25, -0.2) is 4.79 Å². The number of aliphatic carboxylic acids is 1. The van der Waals surface area contributed by atoms with Crippen LogP contribution in [0.4, 0.5) is 4.79 Å². The highest BCUT2D eigenvalue weighted by atomic mass is 16.6. The van der Waals surface area contributed by atoms with E-state index in [4.69, 9.17) is 14.6 Å². The van der Waals surface area contributed by atoms with Crippen LogP contribution in [-0.2, 0) is 19.1 Å². The van der Waals surface area contributed by atoms with Crippen LogP contribution in [0.15, 0.2) is 48.5 Å². The monoisotopic (exact) mass is 478 g/mol. The standard InChI is InChI=1S/C27H30N2O6/c30-24(31)10-9-17-11-13-29(15-17)26(32)25-23(12-14-34-25)28-27(33)35-16-22-20-7-3-1-5-18(20)19-6-2-4-8-21(19)22/h1-8,17,22-23,25H,9-16H2,(H,28,33)(H,30,31). The smallest absolute Gasteiger partial charge is 0.407 e. The number of alkyl carbamates (subject to hydrolysis) is 1. The van der Waals surface area contributed by atoms with E-state index in [1.54, 1.807) is 4.90 Å². The zero-order valence-electron chi connectivity index (χ0n) is 19.5. The van der Waals surface area contributed by atoms with E-state index in [0.29, 0.717) is 32.5 Å². The first-order valence-corrected chi connectivity index (χ1v) is 12.2. The van der Waals surface area contributed by atoms with E-state index in [9.17, 15) is 14.4 Å². The van der Waals surface area contributed by atoms with Crippen molar-refractivity contribution in [2.45, 2.75) is 43.7 Å². The summed E-state index contributed by atoms with van der Waals surface area (Å²) in [5.74, 6) is -0.812. The molecule has 2 N–H and O–H groups in total. The Kier molecular flexibility index (Phi) is 6.72. The van der Waals surface area contributed by atoms with Crippen molar-refractivity contribution in [3.63, 3.8) is 0 Å². The van der Waals surface area contributed by atoms with Crippen LogP contribution in [0.2, 0.25) is 0 Å². The van der Waals surface area contributed by atoms with E-state index in [0.717, 1.165) is 17.5 Å². The van der Waals surface area contributed by atoms with Gasteiger partial charge in [-0.1, -0.05) is 48.5 Å². The molecule has 8 nitrogen and oxygen atoms in total. The number of hydrogen-bond donors (Lipinski definition) is 2. The number of nitrogens with zero attached hydrogens (tertiary/aromatic N) is 1. The van der Waals surface area contributed by atoms with Crippen LogP contribution >= 0.6 is 0 Å². The molecule has 2 aromatic rings. The van der Waals surface area contributed by atoms with Crippen LogP contribution in [0, 0.1) is 5.92 Å². The molecule has 2 heterocycles. The second kappa shape index (κ2) is 10.1. The van der Waals surface area contributed by atoms with E-state index in [1.807, 2.05) is 24.3 Å². The van der Waals surface area contributed by atoms with Crippen LogP contribution in [0.3, 0.4) is 0 Å². The van der Waals surface area contributed by atoms with Crippen LogP contribution < -0.4 is 5.32 Å². The van der Waals surface area contributed by atoms with Crippen molar-refractivity contribution in [2.75, 3.05) is 26.3 Å². The van der Waals surface area contributed by atoms with Crippen LogP contribution in [0.5, 0.6) is 0 Å². The molecule has 2 amide bonds. The molecule has 5 rings (SSSR count). The molecule has 184 valence electrons. The first-order chi connectivity index (χ1) is 17.0. The van der Waals surface area contributed by atoms with Gasteiger partial charge in [-0.2, -0.15) is 0 Å². The number of rotatable bonds is 7. The van der Waals surface area contributed by atoms with Crippen LogP contribution in [0.25, 0.3) is 11.1 Å². The third-order valence-corrected chi connectivity index (χ3v) is 7.35. The van der Waals surface area contributed by atoms with Gasteiger partial charge in [-0.3, -0.25) is 9.59 Å². The maximum Gasteiger partial charge on any atom is 0.407 e. The number of fused-ring (bicyclic) bond motifs is 3. The molecule has 0 radical (unpaired) electrons. The fourth-order valence-corrected chi connectivity index (χ4v) is 5.55. The Balaban J connectivity index is 1.16. The Bertz CT molecular complexity index is 1070. The molecule has 3 atom stereocenters. The number of carbonyl (C=O) groups excluding carboxylic acids is 2. The molecule has 0 spiro atoms. The lowest BCUT2D eigenvalue weighted by atomic mass is 9.98. The molecule has 2 aromatic carbocycles. The number of ether oxygens (including phenoxy) is 2. The average Bonchev–Trinajstić information content (AvgIpc) is 3.59. The molecule has 3 unspecified atom stereocenters. The Morgan fingerprint density at radius 3 is 2.40 bits per heavy atom. The number of carboxylic acid groups (broad SMARTS) is 1. The zero-order valence-corrected chi connectivity index (χ0v) is 19.5. The van der Waals surface area contributed by atoms with Crippen LogP contribution in [0.1, 0.15) is 42.7 Å². The van der Waals surface area contributed by atoms with E-state index in [1.165, 1.54) is 11.1 Å². The van der Waals surface area contributed by atoms with E-state index >= 15 is 0 Å². The predicted octanol–water partition coefficient (Wildman–Crippen LogP) is 3.40. The van der Waals surface area contributed by atoms with Gasteiger partial charge < -0.3 is 24.8 Å². The van der Waals surface area contributed by atoms with Crippen molar-refractivity contribution in [1.82, 2.24) is 10.2 Å².